The molecule has 0 aliphatic carbocycles. The molecule has 1 aliphatic heterocycles. The number of likely N-dealkylation sites (N-methyl/N-ethyl adjacent to an activating group) is 1. The van der Waals surface area contributed by atoms with Crippen molar-refractivity contribution in [3.05, 3.63) is 58.6 Å². The number of nitrogens with zero attached hydrogens (tertiary/aromatic N) is 2. The van der Waals surface area contributed by atoms with Crippen LogP contribution in [0.1, 0.15) is 28.8 Å². The largest absolute Gasteiger partial charge is 0.496 e. The van der Waals surface area contributed by atoms with E-state index in [0.29, 0.717) is 42.4 Å². The van der Waals surface area contributed by atoms with Crippen LogP contribution in [0.5, 0.6) is 5.75 Å². The van der Waals surface area contributed by atoms with E-state index in [2.05, 4.69) is 0 Å². The predicted octanol–water partition coefficient (Wildman–Crippen LogP) is 3.29. The summed E-state index contributed by atoms with van der Waals surface area (Å²) in [5.41, 5.74) is 1.45. The van der Waals surface area contributed by atoms with Crippen molar-refractivity contribution in [2.45, 2.75) is 19.4 Å². The monoisotopic (exact) mass is 430 g/mol. The number of hydrogen-bond donors (Lipinski definition) is 0. The van der Waals surface area contributed by atoms with Crippen molar-refractivity contribution in [3.63, 3.8) is 0 Å². The van der Waals surface area contributed by atoms with Crippen LogP contribution in [0.15, 0.2) is 42.5 Å². The quantitative estimate of drug-likeness (QED) is 0.630. The molecule has 8 heteroatoms. The zero-order valence-corrected chi connectivity index (χ0v) is 17.6. The normalized spacial score (nSPS) is 13.3. The first kappa shape index (κ1) is 21.6. The molecule has 0 bridgehead atoms. The Morgan fingerprint density at radius 2 is 1.97 bits per heavy atom. The number of rotatable bonds is 7. The summed E-state index contributed by atoms with van der Waals surface area (Å²) in [5.74, 6) is -0.434. The zero-order chi connectivity index (χ0) is 21.7. The lowest BCUT2D eigenvalue weighted by Crippen LogP contribution is -2.31. The number of carbonyl (C=O) groups excluding carboxylic acids is 3. The molecule has 158 valence electrons. The number of halogens is 1. The first-order valence-electron chi connectivity index (χ1n) is 9.53. The Morgan fingerprint density at radius 3 is 2.67 bits per heavy atom. The van der Waals surface area contributed by atoms with Crippen LogP contribution in [0.2, 0.25) is 5.02 Å². The summed E-state index contributed by atoms with van der Waals surface area (Å²) in [6.07, 6.45) is 1.14. The number of anilines is 1. The fourth-order valence-corrected chi connectivity index (χ4v) is 3.46. The lowest BCUT2D eigenvalue weighted by Gasteiger charge is -2.20. The minimum absolute atomic E-state index is 0.0704. The Labute approximate surface area is 180 Å². The van der Waals surface area contributed by atoms with Crippen molar-refractivity contribution in [3.8, 4) is 5.75 Å². The van der Waals surface area contributed by atoms with E-state index in [4.69, 9.17) is 21.1 Å². The Balaban J connectivity index is 1.65. The molecule has 1 heterocycles. The second-order valence-corrected chi connectivity index (χ2v) is 7.38. The topological polar surface area (TPSA) is 76.2 Å². The third-order valence-electron chi connectivity index (χ3n) is 4.90. The van der Waals surface area contributed by atoms with Crippen molar-refractivity contribution < 1.29 is 23.9 Å². The molecule has 2 amide bonds. The van der Waals surface area contributed by atoms with Crippen LogP contribution in [0, 0.1) is 0 Å². The highest BCUT2D eigenvalue weighted by molar-refractivity contribution is 6.31. The number of methoxy groups -OCH3 is 1. The Morgan fingerprint density at radius 1 is 1.20 bits per heavy atom. The number of carbonyl (C=O) groups is 3. The average Bonchev–Trinajstić information content (AvgIpc) is 3.17. The number of esters is 1. The van der Waals surface area contributed by atoms with Gasteiger partial charge in [-0.05, 0) is 30.7 Å². The molecule has 0 saturated carbocycles. The van der Waals surface area contributed by atoms with Crippen molar-refractivity contribution >= 4 is 35.1 Å². The predicted molar refractivity (Wildman–Crippen MR) is 113 cm³/mol. The van der Waals surface area contributed by atoms with Crippen LogP contribution in [0.25, 0.3) is 0 Å². The van der Waals surface area contributed by atoms with Gasteiger partial charge in [-0.15, -0.1) is 0 Å². The molecule has 0 unspecified atom stereocenters. The van der Waals surface area contributed by atoms with Crippen molar-refractivity contribution in [2.75, 3.05) is 32.2 Å². The van der Waals surface area contributed by atoms with E-state index in [-0.39, 0.29) is 17.4 Å². The van der Waals surface area contributed by atoms with E-state index < -0.39 is 12.6 Å². The molecule has 30 heavy (non-hydrogen) atoms. The molecule has 7 nitrogen and oxygen atoms in total. The number of para-hydroxylation sites is 1. The SMILES string of the molecule is COc1ccccc1CN(C)C(=O)COC(=O)c1ccc(Cl)cc1N1CCCC1=O. The smallest absolute Gasteiger partial charge is 0.340 e. The molecular weight excluding hydrogens is 408 g/mol. The van der Waals surface area contributed by atoms with Crippen LogP contribution in [-0.2, 0) is 20.9 Å². The third kappa shape index (κ3) is 4.91. The summed E-state index contributed by atoms with van der Waals surface area (Å²) >= 11 is 6.06. The van der Waals surface area contributed by atoms with Gasteiger partial charge in [0.25, 0.3) is 5.91 Å². The van der Waals surface area contributed by atoms with Gasteiger partial charge in [0, 0.05) is 37.1 Å². The van der Waals surface area contributed by atoms with Gasteiger partial charge in [0.2, 0.25) is 5.91 Å². The molecule has 0 radical (unpaired) electrons. The summed E-state index contributed by atoms with van der Waals surface area (Å²) in [6, 6.07) is 12.0. The zero-order valence-electron chi connectivity index (χ0n) is 16.9. The van der Waals surface area contributed by atoms with Crippen molar-refractivity contribution in [2.24, 2.45) is 0 Å². The molecule has 0 atom stereocenters. The summed E-state index contributed by atoms with van der Waals surface area (Å²) in [5, 5.41) is 0.411. The lowest BCUT2D eigenvalue weighted by molar-refractivity contribution is -0.133. The number of ether oxygens (including phenoxy) is 2. The highest BCUT2D eigenvalue weighted by Crippen LogP contribution is 2.29. The summed E-state index contributed by atoms with van der Waals surface area (Å²) in [6.45, 7) is 0.412. The van der Waals surface area contributed by atoms with Gasteiger partial charge in [0.15, 0.2) is 6.61 Å². The first-order chi connectivity index (χ1) is 14.4. The van der Waals surface area contributed by atoms with Crippen molar-refractivity contribution in [1.29, 1.82) is 0 Å². The van der Waals surface area contributed by atoms with Crippen LogP contribution in [0.3, 0.4) is 0 Å². The third-order valence-corrected chi connectivity index (χ3v) is 5.13. The maximum absolute atomic E-state index is 12.6. The van der Waals surface area contributed by atoms with Gasteiger partial charge in [-0.25, -0.2) is 4.79 Å². The van der Waals surface area contributed by atoms with E-state index in [9.17, 15) is 14.4 Å². The molecule has 0 N–H and O–H groups in total. The molecule has 2 aromatic rings. The van der Waals surface area contributed by atoms with E-state index >= 15 is 0 Å². The van der Waals surface area contributed by atoms with Crippen LogP contribution in [0.4, 0.5) is 5.69 Å². The van der Waals surface area contributed by atoms with Crippen LogP contribution < -0.4 is 9.64 Å². The van der Waals surface area contributed by atoms with Gasteiger partial charge < -0.3 is 19.3 Å². The maximum Gasteiger partial charge on any atom is 0.340 e. The number of hydrogen-bond acceptors (Lipinski definition) is 5. The van der Waals surface area contributed by atoms with E-state index in [0.717, 1.165) is 5.56 Å². The fourth-order valence-electron chi connectivity index (χ4n) is 3.30. The van der Waals surface area contributed by atoms with Crippen LogP contribution >= 0.6 is 11.6 Å². The maximum atomic E-state index is 12.6. The second-order valence-electron chi connectivity index (χ2n) is 6.95. The second kappa shape index (κ2) is 9.63. The molecule has 0 spiro atoms. The Kier molecular flexibility index (Phi) is 6.95. The lowest BCUT2D eigenvalue weighted by atomic mass is 10.1. The molecule has 1 fully saturated rings. The minimum Gasteiger partial charge on any atom is -0.496 e. The van der Waals surface area contributed by atoms with Gasteiger partial charge in [0.1, 0.15) is 5.75 Å². The van der Waals surface area contributed by atoms with Gasteiger partial charge >= 0.3 is 5.97 Å². The standard InChI is InChI=1S/C22H23ClN2O5/c1-24(13-15-6-3-4-7-19(15)29-2)21(27)14-30-22(28)17-10-9-16(23)12-18(17)25-11-5-8-20(25)26/h3-4,6-7,9-10,12H,5,8,11,13-14H2,1-2H3. The van der Waals surface area contributed by atoms with Gasteiger partial charge in [-0.2, -0.15) is 0 Å². The van der Waals surface area contributed by atoms with E-state index in [1.54, 1.807) is 26.3 Å². The molecule has 0 aromatic heterocycles. The van der Waals surface area contributed by atoms with E-state index in [1.807, 2.05) is 24.3 Å². The summed E-state index contributed by atoms with van der Waals surface area (Å²) in [7, 11) is 3.19. The van der Waals surface area contributed by atoms with Gasteiger partial charge in [0.05, 0.1) is 18.4 Å². The first-order valence-corrected chi connectivity index (χ1v) is 9.91. The highest BCUT2D eigenvalue weighted by Gasteiger charge is 2.27. The molecule has 1 aliphatic rings. The number of amides is 2. The average molecular weight is 431 g/mol. The highest BCUT2D eigenvalue weighted by atomic mass is 35.5. The van der Waals surface area contributed by atoms with Gasteiger partial charge in [-0.1, -0.05) is 29.8 Å². The van der Waals surface area contributed by atoms with E-state index in [1.165, 1.54) is 15.9 Å². The van der Waals surface area contributed by atoms with Gasteiger partial charge in [-0.3, -0.25) is 9.59 Å². The molecular formula is C22H23ClN2O5. The van der Waals surface area contributed by atoms with Crippen molar-refractivity contribution in [1.82, 2.24) is 4.90 Å². The van der Waals surface area contributed by atoms with Crippen LogP contribution in [-0.4, -0.2) is 50.0 Å². The molecule has 3 rings (SSSR count). The summed E-state index contributed by atoms with van der Waals surface area (Å²) < 4.78 is 10.5. The number of benzene rings is 2. The Hall–Kier alpha value is -3.06. The summed E-state index contributed by atoms with van der Waals surface area (Å²) in [4.78, 5) is 40.2. The minimum atomic E-state index is -0.680. The Bertz CT molecular complexity index is 962. The fraction of sp³-hybridized carbons (Fsp3) is 0.318. The molecule has 2 aromatic carbocycles. The molecule has 1 saturated heterocycles.